The van der Waals surface area contributed by atoms with E-state index in [9.17, 15) is 9.59 Å². The van der Waals surface area contributed by atoms with Crippen molar-refractivity contribution >= 4 is 11.8 Å². The number of carbonyl (C=O) groups is 2. The van der Waals surface area contributed by atoms with E-state index in [-0.39, 0.29) is 11.8 Å². The quantitative estimate of drug-likeness (QED) is 0.617. The summed E-state index contributed by atoms with van der Waals surface area (Å²) in [7, 11) is 0. The molecule has 0 aliphatic carbocycles. The molecule has 0 saturated carbocycles. The molecule has 0 aromatic heterocycles. The van der Waals surface area contributed by atoms with Gasteiger partial charge in [0.25, 0.3) is 11.8 Å². The molecule has 2 amide bonds. The average molecular weight is 234 g/mol. The zero-order valence-electron chi connectivity index (χ0n) is 10.0. The Morgan fingerprint density at radius 1 is 1.06 bits per heavy atom. The lowest BCUT2D eigenvalue weighted by Gasteiger charge is -1.88. The van der Waals surface area contributed by atoms with E-state index in [4.69, 9.17) is 5.73 Å². The normalized spacial score (nSPS) is 12.6. The number of unbranched alkanes of at least 4 members (excludes halogenated alkanes) is 2. The molecule has 0 spiro atoms. The highest BCUT2D eigenvalue weighted by Gasteiger charge is 2.25. The van der Waals surface area contributed by atoms with Gasteiger partial charge in [0.2, 0.25) is 0 Å². The van der Waals surface area contributed by atoms with Crippen LogP contribution in [0.5, 0.6) is 0 Å². The van der Waals surface area contributed by atoms with E-state index in [1.165, 1.54) is 19.3 Å². The van der Waals surface area contributed by atoms with Crippen LogP contribution < -0.4 is 11.1 Å². The van der Waals surface area contributed by atoms with Crippen molar-refractivity contribution in [3.05, 3.63) is 35.4 Å². The van der Waals surface area contributed by atoms with E-state index < -0.39 is 0 Å². The Balaban J connectivity index is 0.000000209. The van der Waals surface area contributed by atoms with Gasteiger partial charge in [0.15, 0.2) is 0 Å². The van der Waals surface area contributed by atoms with Gasteiger partial charge in [-0.15, -0.1) is 0 Å². The van der Waals surface area contributed by atoms with Crippen LogP contribution in [0.3, 0.4) is 0 Å². The van der Waals surface area contributed by atoms with Crippen molar-refractivity contribution in [1.82, 2.24) is 5.32 Å². The lowest BCUT2D eigenvalue weighted by atomic mass is 10.1. The lowest BCUT2D eigenvalue weighted by Crippen LogP contribution is -2.19. The van der Waals surface area contributed by atoms with Crippen LogP contribution in [0.15, 0.2) is 24.3 Å². The van der Waals surface area contributed by atoms with Gasteiger partial charge in [0.05, 0.1) is 11.1 Å². The van der Waals surface area contributed by atoms with Crippen LogP contribution in [-0.2, 0) is 0 Å². The molecule has 0 bridgehead atoms. The molecule has 92 valence electrons. The minimum atomic E-state index is -0.300. The Hall–Kier alpha value is -1.68. The Labute approximate surface area is 101 Å². The van der Waals surface area contributed by atoms with E-state index in [1.807, 2.05) is 0 Å². The zero-order valence-corrected chi connectivity index (χ0v) is 10.0. The fourth-order valence-corrected chi connectivity index (χ4v) is 1.51. The largest absolute Gasteiger partial charge is 0.330 e. The first-order valence-electron chi connectivity index (χ1n) is 5.85. The summed E-state index contributed by atoms with van der Waals surface area (Å²) in [5.41, 5.74) is 6.15. The average Bonchev–Trinajstić information content (AvgIpc) is 2.64. The zero-order chi connectivity index (χ0) is 12.7. The number of hydrogen-bond acceptors (Lipinski definition) is 3. The summed E-state index contributed by atoms with van der Waals surface area (Å²) in [5, 5.41) is 2.20. The van der Waals surface area contributed by atoms with Gasteiger partial charge in [-0.25, -0.2) is 0 Å². The molecule has 4 nitrogen and oxygen atoms in total. The van der Waals surface area contributed by atoms with Crippen LogP contribution in [-0.4, -0.2) is 18.4 Å². The molecular formula is C13H18N2O2. The molecule has 2 rings (SSSR count). The molecule has 1 aliphatic rings. The summed E-state index contributed by atoms with van der Waals surface area (Å²) in [4.78, 5) is 21.9. The maximum atomic E-state index is 10.9. The Kier molecular flexibility index (Phi) is 5.36. The second kappa shape index (κ2) is 6.81. The molecule has 3 N–H and O–H groups in total. The monoisotopic (exact) mass is 234 g/mol. The molecule has 0 saturated heterocycles. The first-order chi connectivity index (χ1) is 8.20. The number of hydrogen-bond donors (Lipinski definition) is 2. The number of imide groups is 1. The molecule has 0 unspecified atom stereocenters. The van der Waals surface area contributed by atoms with Gasteiger partial charge in [-0.1, -0.05) is 31.9 Å². The summed E-state index contributed by atoms with van der Waals surface area (Å²) in [6.45, 7) is 3.03. The van der Waals surface area contributed by atoms with Crippen molar-refractivity contribution in [2.45, 2.75) is 26.2 Å². The van der Waals surface area contributed by atoms with Gasteiger partial charge in [0.1, 0.15) is 0 Å². The van der Waals surface area contributed by atoms with Crippen LogP contribution >= 0.6 is 0 Å². The third kappa shape index (κ3) is 3.67. The summed E-state index contributed by atoms with van der Waals surface area (Å²) >= 11 is 0. The van der Waals surface area contributed by atoms with E-state index in [0.717, 1.165) is 6.54 Å². The van der Waals surface area contributed by atoms with Crippen LogP contribution in [0.1, 0.15) is 46.9 Å². The van der Waals surface area contributed by atoms with Crippen LogP contribution in [0, 0.1) is 0 Å². The number of fused-ring (bicyclic) bond motifs is 1. The SMILES string of the molecule is CCCCCN.O=C1NC(=O)c2ccccc21. The van der Waals surface area contributed by atoms with Gasteiger partial charge in [-0.2, -0.15) is 0 Å². The van der Waals surface area contributed by atoms with Crippen LogP contribution in [0.25, 0.3) is 0 Å². The smallest absolute Gasteiger partial charge is 0.258 e. The van der Waals surface area contributed by atoms with Gasteiger partial charge in [-0.3, -0.25) is 14.9 Å². The minimum Gasteiger partial charge on any atom is -0.330 e. The number of amides is 2. The molecule has 0 atom stereocenters. The van der Waals surface area contributed by atoms with Gasteiger partial charge in [-0.05, 0) is 25.1 Å². The summed E-state index contributed by atoms with van der Waals surface area (Å²) in [6.07, 6.45) is 3.75. The van der Waals surface area contributed by atoms with Crippen molar-refractivity contribution in [2.24, 2.45) is 5.73 Å². The summed E-state index contributed by atoms with van der Waals surface area (Å²) in [6, 6.07) is 6.74. The first-order valence-corrected chi connectivity index (χ1v) is 5.85. The third-order valence-electron chi connectivity index (χ3n) is 2.45. The molecule has 4 heteroatoms. The standard InChI is InChI=1S/C8H5NO2.C5H13N/c10-7-5-3-1-2-4-6(5)8(11)9-7;1-2-3-4-5-6/h1-4H,(H,9,10,11);2-6H2,1H3. The van der Waals surface area contributed by atoms with Crippen LogP contribution in [0.4, 0.5) is 0 Å². The minimum absolute atomic E-state index is 0.300. The van der Waals surface area contributed by atoms with Crippen molar-refractivity contribution in [3.63, 3.8) is 0 Å². The maximum absolute atomic E-state index is 10.9. The lowest BCUT2D eigenvalue weighted by molar-refractivity contribution is 0.0879. The second-order valence-electron chi connectivity index (χ2n) is 3.82. The van der Waals surface area contributed by atoms with Gasteiger partial charge < -0.3 is 5.73 Å². The molecule has 1 aromatic carbocycles. The maximum Gasteiger partial charge on any atom is 0.258 e. The molecule has 0 fully saturated rings. The second-order valence-corrected chi connectivity index (χ2v) is 3.82. The predicted molar refractivity (Wildman–Crippen MR) is 66.8 cm³/mol. The highest BCUT2D eigenvalue weighted by Crippen LogP contribution is 2.13. The van der Waals surface area contributed by atoms with E-state index in [0.29, 0.717) is 11.1 Å². The Morgan fingerprint density at radius 2 is 1.59 bits per heavy atom. The molecule has 1 heterocycles. The van der Waals surface area contributed by atoms with E-state index in [1.54, 1.807) is 24.3 Å². The highest BCUT2D eigenvalue weighted by molar-refractivity contribution is 6.21. The number of nitrogens with one attached hydrogen (secondary N) is 1. The molecule has 1 aliphatic heterocycles. The van der Waals surface area contributed by atoms with E-state index >= 15 is 0 Å². The molecule has 1 aromatic rings. The highest BCUT2D eigenvalue weighted by atomic mass is 16.2. The molecular weight excluding hydrogens is 216 g/mol. The fourth-order valence-electron chi connectivity index (χ4n) is 1.51. The Morgan fingerprint density at radius 3 is 1.94 bits per heavy atom. The van der Waals surface area contributed by atoms with Crippen molar-refractivity contribution in [2.75, 3.05) is 6.54 Å². The Bertz CT molecular complexity index is 365. The first kappa shape index (κ1) is 13.4. The summed E-state index contributed by atoms with van der Waals surface area (Å²) < 4.78 is 0. The van der Waals surface area contributed by atoms with Crippen LogP contribution in [0.2, 0.25) is 0 Å². The topological polar surface area (TPSA) is 72.2 Å². The van der Waals surface area contributed by atoms with Gasteiger partial charge in [0, 0.05) is 0 Å². The number of rotatable bonds is 3. The predicted octanol–water partition coefficient (Wildman–Crippen LogP) is 1.71. The van der Waals surface area contributed by atoms with Crippen molar-refractivity contribution in [1.29, 1.82) is 0 Å². The number of nitrogens with two attached hydrogens (primary N) is 1. The number of carbonyl (C=O) groups excluding carboxylic acids is 2. The summed E-state index contributed by atoms with van der Waals surface area (Å²) in [5.74, 6) is -0.601. The molecule has 0 radical (unpaired) electrons. The van der Waals surface area contributed by atoms with Crippen molar-refractivity contribution in [3.8, 4) is 0 Å². The van der Waals surface area contributed by atoms with E-state index in [2.05, 4.69) is 12.2 Å². The third-order valence-corrected chi connectivity index (χ3v) is 2.45. The van der Waals surface area contributed by atoms with Gasteiger partial charge >= 0.3 is 0 Å². The van der Waals surface area contributed by atoms with Crippen molar-refractivity contribution < 1.29 is 9.59 Å². The fraction of sp³-hybridized carbons (Fsp3) is 0.385. The molecule has 17 heavy (non-hydrogen) atoms. The number of benzene rings is 1.